The second kappa shape index (κ2) is 4.77. The second-order valence-electron chi connectivity index (χ2n) is 4.47. The van der Waals surface area contributed by atoms with E-state index >= 15 is 0 Å². The van der Waals surface area contributed by atoms with Crippen LogP contribution in [0, 0.1) is 13.8 Å². The second-order valence-corrected chi connectivity index (χ2v) is 6.03. The Labute approximate surface area is 116 Å². The Bertz CT molecular complexity index is 791. The molecule has 0 saturated carbocycles. The number of nitrogens with two attached hydrogens (primary N) is 1. The summed E-state index contributed by atoms with van der Waals surface area (Å²) in [6.07, 6.45) is 0. The average molecular weight is 294 g/mol. The molecule has 0 spiro atoms. The number of rotatable bonds is 3. The maximum absolute atomic E-state index is 11.4. The largest absolute Gasteiger partial charge is 0.478 e. The van der Waals surface area contributed by atoms with Crippen LogP contribution in [0.3, 0.4) is 0 Å². The number of sulfonamides is 1. The highest BCUT2D eigenvalue weighted by molar-refractivity contribution is 7.89. The summed E-state index contributed by atoms with van der Waals surface area (Å²) in [7, 11) is -3.80. The van der Waals surface area contributed by atoms with E-state index in [9.17, 15) is 13.2 Å². The average Bonchev–Trinajstić information content (AvgIpc) is 2.64. The SMILES string of the molecule is Cc1cc(C(=O)O)c(C)n1-c1cccc(S(N)(=O)=O)c1. The van der Waals surface area contributed by atoms with Gasteiger partial charge in [-0.25, -0.2) is 18.4 Å². The molecule has 106 valence electrons. The van der Waals surface area contributed by atoms with Crippen molar-refractivity contribution >= 4 is 16.0 Å². The van der Waals surface area contributed by atoms with Crippen molar-refractivity contribution in [3.63, 3.8) is 0 Å². The van der Waals surface area contributed by atoms with Crippen molar-refractivity contribution in [2.45, 2.75) is 18.7 Å². The van der Waals surface area contributed by atoms with E-state index < -0.39 is 16.0 Å². The predicted molar refractivity (Wildman–Crippen MR) is 73.6 cm³/mol. The lowest BCUT2D eigenvalue weighted by atomic mass is 10.2. The first kappa shape index (κ1) is 14.3. The van der Waals surface area contributed by atoms with Gasteiger partial charge in [0.2, 0.25) is 10.0 Å². The van der Waals surface area contributed by atoms with Crippen molar-refractivity contribution in [2.24, 2.45) is 5.14 Å². The molecule has 0 saturated heterocycles. The van der Waals surface area contributed by atoms with Gasteiger partial charge in [0, 0.05) is 17.1 Å². The summed E-state index contributed by atoms with van der Waals surface area (Å²) in [5.41, 5.74) is 1.97. The molecule has 0 radical (unpaired) electrons. The molecule has 0 unspecified atom stereocenters. The summed E-state index contributed by atoms with van der Waals surface area (Å²) >= 11 is 0. The van der Waals surface area contributed by atoms with Gasteiger partial charge < -0.3 is 9.67 Å². The van der Waals surface area contributed by atoms with Gasteiger partial charge in [0.15, 0.2) is 0 Å². The summed E-state index contributed by atoms with van der Waals surface area (Å²) in [5, 5.41) is 14.2. The van der Waals surface area contributed by atoms with Crippen molar-refractivity contribution in [2.75, 3.05) is 0 Å². The Morgan fingerprint density at radius 2 is 1.90 bits per heavy atom. The quantitative estimate of drug-likeness (QED) is 0.894. The molecule has 2 rings (SSSR count). The molecule has 0 aliphatic carbocycles. The number of primary sulfonamides is 1. The summed E-state index contributed by atoms with van der Waals surface area (Å²) in [5.74, 6) is -1.02. The molecule has 6 nitrogen and oxygen atoms in total. The Balaban J connectivity index is 2.67. The number of benzene rings is 1. The molecule has 0 amide bonds. The lowest BCUT2D eigenvalue weighted by molar-refractivity contribution is 0.0696. The summed E-state index contributed by atoms with van der Waals surface area (Å²) < 4.78 is 24.4. The Morgan fingerprint density at radius 3 is 2.40 bits per heavy atom. The lowest BCUT2D eigenvalue weighted by Crippen LogP contribution is -2.12. The predicted octanol–water partition coefficient (Wildman–Crippen LogP) is 1.44. The third kappa shape index (κ3) is 2.45. The zero-order valence-corrected chi connectivity index (χ0v) is 11.8. The van der Waals surface area contributed by atoms with Gasteiger partial charge in [0.05, 0.1) is 10.5 Å². The van der Waals surface area contributed by atoms with E-state index in [-0.39, 0.29) is 10.5 Å². The third-order valence-electron chi connectivity index (χ3n) is 3.07. The number of aromatic carboxylic acids is 1. The third-order valence-corrected chi connectivity index (χ3v) is 3.98. The maximum Gasteiger partial charge on any atom is 0.337 e. The van der Waals surface area contributed by atoms with E-state index in [4.69, 9.17) is 10.2 Å². The van der Waals surface area contributed by atoms with Gasteiger partial charge in [-0.05, 0) is 38.1 Å². The minimum atomic E-state index is -3.80. The van der Waals surface area contributed by atoms with Gasteiger partial charge in [-0.15, -0.1) is 0 Å². The molecule has 0 fully saturated rings. The smallest absolute Gasteiger partial charge is 0.337 e. The molecule has 1 aromatic heterocycles. The van der Waals surface area contributed by atoms with E-state index in [0.717, 1.165) is 0 Å². The number of hydrogen-bond donors (Lipinski definition) is 2. The molecule has 7 heteroatoms. The summed E-state index contributed by atoms with van der Waals surface area (Å²) in [6.45, 7) is 3.42. The molecule has 0 atom stereocenters. The van der Waals surface area contributed by atoms with Crippen LogP contribution < -0.4 is 5.14 Å². The highest BCUT2D eigenvalue weighted by Gasteiger charge is 2.17. The molecule has 3 N–H and O–H groups in total. The Hall–Kier alpha value is -2.12. The molecule has 2 aromatic rings. The fourth-order valence-electron chi connectivity index (χ4n) is 2.18. The van der Waals surface area contributed by atoms with Crippen LogP contribution in [0.1, 0.15) is 21.7 Å². The van der Waals surface area contributed by atoms with Crippen LogP contribution in [0.25, 0.3) is 5.69 Å². The minimum Gasteiger partial charge on any atom is -0.478 e. The van der Waals surface area contributed by atoms with Crippen molar-refractivity contribution in [1.82, 2.24) is 4.57 Å². The fourth-order valence-corrected chi connectivity index (χ4v) is 2.73. The molecular weight excluding hydrogens is 280 g/mol. The van der Waals surface area contributed by atoms with Gasteiger partial charge in [0.25, 0.3) is 0 Å². The van der Waals surface area contributed by atoms with E-state index in [0.29, 0.717) is 17.1 Å². The van der Waals surface area contributed by atoms with Gasteiger partial charge in [-0.3, -0.25) is 0 Å². The molecular formula is C13H14N2O4S. The van der Waals surface area contributed by atoms with Crippen LogP contribution in [0.5, 0.6) is 0 Å². The van der Waals surface area contributed by atoms with E-state index in [2.05, 4.69) is 0 Å². The van der Waals surface area contributed by atoms with Crippen molar-refractivity contribution in [3.05, 3.63) is 47.3 Å². The highest BCUT2D eigenvalue weighted by atomic mass is 32.2. The zero-order chi connectivity index (χ0) is 15.1. The van der Waals surface area contributed by atoms with Crippen LogP contribution in [-0.2, 0) is 10.0 Å². The number of carboxylic acids is 1. The first-order valence-electron chi connectivity index (χ1n) is 5.77. The van der Waals surface area contributed by atoms with Gasteiger partial charge in [-0.2, -0.15) is 0 Å². The van der Waals surface area contributed by atoms with E-state index in [1.54, 1.807) is 36.6 Å². The molecule has 1 aromatic carbocycles. The van der Waals surface area contributed by atoms with Gasteiger partial charge in [0.1, 0.15) is 0 Å². The Morgan fingerprint density at radius 1 is 1.25 bits per heavy atom. The summed E-state index contributed by atoms with van der Waals surface area (Å²) in [4.78, 5) is 11.1. The maximum atomic E-state index is 11.4. The molecule has 0 aliphatic heterocycles. The molecule has 0 aliphatic rings. The van der Waals surface area contributed by atoms with Crippen molar-refractivity contribution in [1.29, 1.82) is 0 Å². The lowest BCUT2D eigenvalue weighted by Gasteiger charge is -2.10. The monoisotopic (exact) mass is 294 g/mol. The number of carbonyl (C=O) groups is 1. The van der Waals surface area contributed by atoms with Crippen LogP contribution >= 0.6 is 0 Å². The number of aromatic nitrogens is 1. The Kier molecular flexibility index (Phi) is 3.41. The van der Waals surface area contributed by atoms with Crippen LogP contribution in [0.2, 0.25) is 0 Å². The van der Waals surface area contributed by atoms with Crippen LogP contribution in [0.4, 0.5) is 0 Å². The fraction of sp³-hybridized carbons (Fsp3) is 0.154. The first-order valence-corrected chi connectivity index (χ1v) is 7.32. The number of carboxylic acid groups (broad SMARTS) is 1. The minimum absolute atomic E-state index is 0.0145. The highest BCUT2D eigenvalue weighted by Crippen LogP contribution is 2.22. The number of nitrogens with zero attached hydrogens (tertiary/aromatic N) is 1. The van der Waals surface area contributed by atoms with Crippen LogP contribution in [-0.4, -0.2) is 24.1 Å². The zero-order valence-electron chi connectivity index (χ0n) is 11.0. The topological polar surface area (TPSA) is 102 Å². The molecule has 1 heterocycles. The first-order chi connectivity index (χ1) is 9.21. The van der Waals surface area contributed by atoms with Crippen molar-refractivity contribution in [3.8, 4) is 5.69 Å². The molecule has 0 bridgehead atoms. The van der Waals surface area contributed by atoms with Crippen molar-refractivity contribution < 1.29 is 18.3 Å². The van der Waals surface area contributed by atoms with Crippen LogP contribution in [0.15, 0.2) is 35.2 Å². The van der Waals surface area contributed by atoms with E-state index in [1.807, 2.05) is 0 Å². The van der Waals surface area contributed by atoms with E-state index in [1.165, 1.54) is 12.1 Å². The number of aryl methyl sites for hydroxylation is 1. The number of hydrogen-bond acceptors (Lipinski definition) is 3. The normalized spacial score (nSPS) is 11.6. The summed E-state index contributed by atoms with van der Waals surface area (Å²) in [6, 6.07) is 7.61. The van der Waals surface area contributed by atoms with Gasteiger partial charge >= 0.3 is 5.97 Å². The van der Waals surface area contributed by atoms with Gasteiger partial charge in [-0.1, -0.05) is 6.07 Å². The molecule has 20 heavy (non-hydrogen) atoms. The standard InChI is InChI=1S/C13H14N2O4S/c1-8-6-12(13(16)17)9(2)15(8)10-4-3-5-11(7-10)20(14,18)19/h3-7H,1-2H3,(H,16,17)(H2,14,18,19).